The third-order valence-electron chi connectivity index (χ3n) is 8.79. The third-order valence-corrected chi connectivity index (χ3v) is 8.79. The normalized spacial score (nSPS) is 22.0. The van der Waals surface area contributed by atoms with E-state index in [4.69, 9.17) is 9.72 Å². The molecule has 2 N–H and O–H groups in total. The van der Waals surface area contributed by atoms with E-state index in [0.29, 0.717) is 35.2 Å². The highest BCUT2D eigenvalue weighted by Gasteiger charge is 2.47. The van der Waals surface area contributed by atoms with Gasteiger partial charge in [-0.1, -0.05) is 12.8 Å². The van der Waals surface area contributed by atoms with Crippen LogP contribution in [-0.2, 0) is 9.53 Å². The van der Waals surface area contributed by atoms with Crippen LogP contribution in [-0.4, -0.2) is 91.5 Å². The number of ether oxygens (including phenoxy) is 1. The number of esters is 1. The fraction of sp³-hybridized carbons (Fsp3) is 0.562. The molecule has 2 saturated heterocycles. The summed E-state index contributed by atoms with van der Waals surface area (Å²) in [5, 5.41) is 7.48. The van der Waals surface area contributed by atoms with Crippen molar-refractivity contribution in [3.8, 4) is 0 Å². The van der Waals surface area contributed by atoms with Gasteiger partial charge in [-0.25, -0.2) is 14.8 Å². The molecule has 5 heterocycles. The first kappa shape index (κ1) is 30.0. The Kier molecular flexibility index (Phi) is 7.81. The van der Waals surface area contributed by atoms with Gasteiger partial charge in [0.25, 0.3) is 11.8 Å². The van der Waals surface area contributed by atoms with Gasteiger partial charge >= 0.3 is 5.97 Å². The van der Waals surface area contributed by atoms with Crippen molar-refractivity contribution in [1.29, 1.82) is 0 Å². The summed E-state index contributed by atoms with van der Waals surface area (Å²) in [5.41, 5.74) is 1.83. The summed E-state index contributed by atoms with van der Waals surface area (Å²) in [5.74, 6) is 0.159. The maximum absolute atomic E-state index is 13.9. The molecule has 3 aliphatic rings. The van der Waals surface area contributed by atoms with Gasteiger partial charge in [0.05, 0.1) is 5.56 Å². The summed E-state index contributed by atoms with van der Waals surface area (Å²) >= 11 is 0. The van der Waals surface area contributed by atoms with Crippen LogP contribution in [0.25, 0.3) is 11.0 Å². The molecule has 12 nitrogen and oxygen atoms in total. The quantitative estimate of drug-likeness (QED) is 0.402. The first-order valence-electron chi connectivity index (χ1n) is 15.5. The van der Waals surface area contributed by atoms with Gasteiger partial charge in [-0.15, -0.1) is 0 Å². The van der Waals surface area contributed by atoms with Crippen molar-refractivity contribution in [2.75, 3.05) is 26.0 Å². The lowest BCUT2D eigenvalue weighted by Crippen LogP contribution is -2.63. The molecule has 3 fully saturated rings. The van der Waals surface area contributed by atoms with Gasteiger partial charge in [0, 0.05) is 56.5 Å². The number of hydrogen-bond donors (Lipinski definition) is 2. The maximum Gasteiger partial charge on any atom is 0.331 e. The molecule has 1 aliphatic carbocycles. The topological polar surface area (TPSA) is 135 Å². The van der Waals surface area contributed by atoms with E-state index in [2.05, 4.69) is 25.2 Å². The van der Waals surface area contributed by atoms with Crippen molar-refractivity contribution in [2.45, 2.75) is 96.0 Å². The zero-order valence-corrected chi connectivity index (χ0v) is 26.4. The van der Waals surface area contributed by atoms with E-state index in [1.54, 1.807) is 42.4 Å². The SMILES string of the molecule is Cc1cc(Nc2ncc3cc(C(=O)N(C)C)n(C4CCCC4)c3n2)ncc1C(=O)N1CC2CCC(N2)C1C(=O)OC(C)(C)C. The lowest BCUT2D eigenvalue weighted by Gasteiger charge is -2.40. The summed E-state index contributed by atoms with van der Waals surface area (Å²) in [6.45, 7) is 7.79. The van der Waals surface area contributed by atoms with E-state index in [9.17, 15) is 14.4 Å². The van der Waals surface area contributed by atoms with Crippen LogP contribution in [0.4, 0.5) is 11.8 Å². The van der Waals surface area contributed by atoms with Gasteiger partial charge in [-0.05, 0) is 71.1 Å². The van der Waals surface area contributed by atoms with Gasteiger partial charge < -0.3 is 29.7 Å². The number of aryl methyl sites for hydroxylation is 1. The van der Waals surface area contributed by atoms with Gasteiger partial charge in [0.1, 0.15) is 28.8 Å². The molecule has 12 heteroatoms. The van der Waals surface area contributed by atoms with Crippen LogP contribution in [0, 0.1) is 6.92 Å². The number of hydrogen-bond acceptors (Lipinski definition) is 9. The number of rotatable bonds is 6. The Morgan fingerprint density at radius 1 is 1.05 bits per heavy atom. The third kappa shape index (κ3) is 5.74. The molecule has 2 amide bonds. The number of likely N-dealkylation sites (tertiary alicyclic amines) is 1. The molecule has 3 aromatic heterocycles. The highest BCUT2D eigenvalue weighted by molar-refractivity contribution is 5.99. The summed E-state index contributed by atoms with van der Waals surface area (Å²) in [7, 11) is 3.51. The number of pyridine rings is 1. The first-order chi connectivity index (χ1) is 20.9. The molecule has 3 atom stereocenters. The van der Waals surface area contributed by atoms with Gasteiger partial charge in [-0.3, -0.25) is 9.59 Å². The predicted octanol–water partition coefficient (Wildman–Crippen LogP) is 3.98. The minimum atomic E-state index is -0.696. The van der Waals surface area contributed by atoms with Crippen LogP contribution in [0.5, 0.6) is 0 Å². The molecule has 0 spiro atoms. The second-order valence-corrected chi connectivity index (χ2v) is 13.5. The van der Waals surface area contributed by atoms with E-state index in [0.717, 1.165) is 49.5 Å². The number of nitrogens with one attached hydrogen (secondary N) is 2. The van der Waals surface area contributed by atoms with E-state index in [1.807, 2.05) is 33.8 Å². The van der Waals surface area contributed by atoms with Crippen molar-refractivity contribution in [1.82, 2.24) is 34.6 Å². The number of nitrogens with zero attached hydrogens (tertiary/aromatic N) is 6. The largest absolute Gasteiger partial charge is 0.458 e. The zero-order valence-electron chi connectivity index (χ0n) is 26.4. The van der Waals surface area contributed by atoms with Crippen LogP contribution in [0.2, 0.25) is 0 Å². The van der Waals surface area contributed by atoms with Crippen molar-refractivity contribution in [3.63, 3.8) is 0 Å². The fourth-order valence-electron chi connectivity index (χ4n) is 6.79. The zero-order chi connectivity index (χ0) is 31.3. The molecule has 1 saturated carbocycles. The van der Waals surface area contributed by atoms with Crippen molar-refractivity contribution >= 4 is 40.6 Å². The maximum atomic E-state index is 13.9. The Morgan fingerprint density at radius 3 is 2.48 bits per heavy atom. The number of carbonyl (C=O) groups is 3. The average Bonchev–Trinajstić information content (AvgIpc) is 3.70. The van der Waals surface area contributed by atoms with Crippen LogP contribution in [0.15, 0.2) is 24.5 Å². The van der Waals surface area contributed by atoms with Crippen LogP contribution in [0.1, 0.15) is 91.7 Å². The number of carbonyl (C=O) groups excluding carboxylic acids is 3. The Balaban J connectivity index is 1.26. The molecule has 44 heavy (non-hydrogen) atoms. The number of fused-ring (bicyclic) bond motifs is 3. The Labute approximate surface area is 257 Å². The monoisotopic (exact) mass is 602 g/mol. The molecule has 2 bridgehead atoms. The molecule has 0 radical (unpaired) electrons. The van der Waals surface area contributed by atoms with E-state index < -0.39 is 17.6 Å². The molecule has 3 aromatic rings. The minimum absolute atomic E-state index is 0.0617. The van der Waals surface area contributed by atoms with Crippen molar-refractivity contribution in [3.05, 3.63) is 41.3 Å². The molecule has 6 rings (SSSR count). The lowest BCUT2D eigenvalue weighted by atomic mass is 10.0. The van der Waals surface area contributed by atoms with Gasteiger partial charge in [0.2, 0.25) is 5.95 Å². The number of amides is 2. The summed E-state index contributed by atoms with van der Waals surface area (Å²) in [4.78, 5) is 57.2. The van der Waals surface area contributed by atoms with E-state index in [-0.39, 0.29) is 29.9 Å². The molecular weight excluding hydrogens is 560 g/mol. The minimum Gasteiger partial charge on any atom is -0.458 e. The second-order valence-electron chi connectivity index (χ2n) is 13.5. The van der Waals surface area contributed by atoms with E-state index >= 15 is 0 Å². The number of aromatic nitrogens is 4. The summed E-state index contributed by atoms with van der Waals surface area (Å²) in [6, 6.07) is 3.20. The summed E-state index contributed by atoms with van der Waals surface area (Å²) in [6.07, 6.45) is 9.25. The first-order valence-corrected chi connectivity index (χ1v) is 15.5. The smallest absolute Gasteiger partial charge is 0.331 e. The van der Waals surface area contributed by atoms with Crippen molar-refractivity contribution < 1.29 is 19.1 Å². The van der Waals surface area contributed by atoms with Crippen LogP contribution in [0.3, 0.4) is 0 Å². The Morgan fingerprint density at radius 2 is 1.80 bits per heavy atom. The standard InChI is InChI=1S/C32H42N8O4/c1-18-13-25(33-16-22(18)28(41)39-17-20-11-12-23(35-20)26(39)30(43)44-32(2,3)4)36-31-34-15-19-14-24(29(42)38(5)6)40(27(19)37-31)21-9-7-8-10-21/h13-16,20-21,23,26,35H,7-12,17H2,1-6H3,(H,33,34,36,37). The predicted molar refractivity (Wildman–Crippen MR) is 166 cm³/mol. The number of anilines is 2. The molecule has 234 valence electrons. The Hall–Kier alpha value is -4.06. The average molecular weight is 603 g/mol. The van der Waals surface area contributed by atoms with E-state index in [1.165, 1.54) is 0 Å². The Bertz CT molecular complexity index is 1600. The molecular formula is C32H42N8O4. The molecule has 2 aliphatic heterocycles. The highest BCUT2D eigenvalue weighted by atomic mass is 16.6. The van der Waals surface area contributed by atoms with Gasteiger partial charge in [0.15, 0.2) is 0 Å². The molecule has 0 aromatic carbocycles. The highest BCUT2D eigenvalue weighted by Crippen LogP contribution is 2.35. The molecule has 3 unspecified atom stereocenters. The lowest BCUT2D eigenvalue weighted by molar-refractivity contribution is -0.162. The van der Waals surface area contributed by atoms with Gasteiger partial charge in [-0.2, -0.15) is 4.98 Å². The van der Waals surface area contributed by atoms with Crippen LogP contribution < -0.4 is 10.6 Å². The second kappa shape index (κ2) is 11.5. The van der Waals surface area contributed by atoms with Crippen LogP contribution >= 0.6 is 0 Å². The fourth-order valence-corrected chi connectivity index (χ4v) is 6.79. The summed E-state index contributed by atoms with van der Waals surface area (Å²) < 4.78 is 7.79. The number of piperazine rings is 1. The van der Waals surface area contributed by atoms with Crippen molar-refractivity contribution in [2.24, 2.45) is 0 Å².